The van der Waals surface area contributed by atoms with Gasteiger partial charge in [0.25, 0.3) is 0 Å². The molecule has 3 aromatic rings. The van der Waals surface area contributed by atoms with Gasteiger partial charge in [0.2, 0.25) is 0 Å². The quantitative estimate of drug-likeness (QED) is 0.788. The van der Waals surface area contributed by atoms with Crippen LogP contribution in [0.1, 0.15) is 30.4 Å². The van der Waals surface area contributed by atoms with Gasteiger partial charge in [0.05, 0.1) is 10.2 Å². The molecule has 0 amide bonds. The number of rotatable bonds is 3. The van der Waals surface area contributed by atoms with E-state index in [0.29, 0.717) is 16.0 Å². The molecule has 0 spiro atoms. The Morgan fingerprint density at radius 3 is 3.00 bits per heavy atom. The van der Waals surface area contributed by atoms with E-state index in [2.05, 4.69) is 20.1 Å². The lowest BCUT2D eigenvalue weighted by atomic mass is 9.97. The molecule has 3 heterocycles. The van der Waals surface area contributed by atoms with E-state index in [-0.39, 0.29) is 18.3 Å². The van der Waals surface area contributed by atoms with Gasteiger partial charge in [0, 0.05) is 26.1 Å². The lowest BCUT2D eigenvalue weighted by Crippen LogP contribution is -2.35. The van der Waals surface area contributed by atoms with E-state index >= 15 is 0 Å². The van der Waals surface area contributed by atoms with E-state index in [4.69, 9.17) is 0 Å². The summed E-state index contributed by atoms with van der Waals surface area (Å²) in [6.45, 7) is 1.57. The molecule has 1 unspecified atom stereocenters. The fraction of sp³-hybridized carbons (Fsp3) is 0.438. The van der Waals surface area contributed by atoms with E-state index in [1.165, 1.54) is 17.4 Å². The topological polar surface area (TPSA) is 67.1 Å². The molecule has 4 rings (SSSR count). The Bertz CT molecular complexity index is 877. The van der Waals surface area contributed by atoms with Gasteiger partial charge in [0.15, 0.2) is 11.0 Å². The number of anilines is 1. The number of halogens is 1. The summed E-state index contributed by atoms with van der Waals surface area (Å²) in [5.74, 6) is 1.47. The molecule has 8 heteroatoms. The van der Waals surface area contributed by atoms with Crippen molar-refractivity contribution in [1.82, 2.24) is 19.7 Å². The average molecular weight is 347 g/mol. The van der Waals surface area contributed by atoms with Gasteiger partial charge in [-0.1, -0.05) is 17.4 Å². The maximum absolute atomic E-state index is 13.9. The monoisotopic (exact) mass is 347 g/mol. The van der Waals surface area contributed by atoms with Gasteiger partial charge in [0.1, 0.15) is 18.2 Å². The summed E-state index contributed by atoms with van der Waals surface area (Å²) < 4.78 is 16.4. The molecular weight excluding hydrogens is 329 g/mol. The summed E-state index contributed by atoms with van der Waals surface area (Å²) in [5, 5.41) is 18.4. The summed E-state index contributed by atoms with van der Waals surface area (Å²) in [4.78, 5) is 6.79. The van der Waals surface area contributed by atoms with E-state index in [1.807, 2.05) is 17.7 Å². The predicted molar refractivity (Wildman–Crippen MR) is 90.7 cm³/mol. The highest BCUT2D eigenvalue weighted by Gasteiger charge is 2.27. The summed E-state index contributed by atoms with van der Waals surface area (Å²) in [6.07, 6.45) is 2.04. The van der Waals surface area contributed by atoms with Crippen molar-refractivity contribution in [2.24, 2.45) is 7.05 Å². The molecule has 126 valence electrons. The van der Waals surface area contributed by atoms with Crippen LogP contribution < -0.4 is 4.90 Å². The number of piperidine rings is 1. The average Bonchev–Trinajstić information content (AvgIpc) is 3.19. The molecule has 0 saturated carbocycles. The van der Waals surface area contributed by atoms with Gasteiger partial charge >= 0.3 is 0 Å². The Morgan fingerprint density at radius 2 is 2.25 bits per heavy atom. The first-order valence-electron chi connectivity index (χ1n) is 7.96. The molecule has 1 saturated heterocycles. The van der Waals surface area contributed by atoms with E-state index in [1.54, 1.807) is 6.07 Å². The highest BCUT2D eigenvalue weighted by molar-refractivity contribution is 7.22. The molecule has 6 nitrogen and oxygen atoms in total. The Labute approximate surface area is 142 Å². The normalized spacial score (nSPS) is 18.5. The van der Waals surface area contributed by atoms with Crippen molar-refractivity contribution in [3.8, 4) is 0 Å². The standard InChI is InChI=1S/C16H18FN5OS/c1-21-13(9-23)19-20-15(21)10-4-3-7-22(8-10)16-18-12-6-2-5-11(17)14(12)24-16/h2,5-6,10,23H,3-4,7-9H2,1H3. The fourth-order valence-electron chi connectivity index (χ4n) is 3.27. The molecule has 1 N–H and O–H groups in total. The van der Waals surface area contributed by atoms with Gasteiger partial charge < -0.3 is 14.6 Å². The SMILES string of the molecule is Cn1c(CO)nnc1C1CCCN(c2nc3cccc(F)c3s2)C1. The van der Waals surface area contributed by atoms with E-state index in [9.17, 15) is 9.50 Å². The van der Waals surface area contributed by atoms with Crippen LogP contribution in [0, 0.1) is 5.82 Å². The summed E-state index contributed by atoms with van der Waals surface area (Å²) in [6, 6.07) is 5.01. The summed E-state index contributed by atoms with van der Waals surface area (Å²) in [7, 11) is 1.88. The Morgan fingerprint density at radius 1 is 1.38 bits per heavy atom. The molecule has 24 heavy (non-hydrogen) atoms. The maximum atomic E-state index is 13.9. The Kier molecular flexibility index (Phi) is 3.93. The zero-order valence-electron chi connectivity index (χ0n) is 13.3. The third-order valence-electron chi connectivity index (χ3n) is 4.55. The molecule has 1 aliphatic rings. The van der Waals surface area contributed by atoms with Crippen LogP contribution in [-0.4, -0.2) is 37.9 Å². The van der Waals surface area contributed by atoms with Gasteiger partial charge in [-0.2, -0.15) is 0 Å². The number of aliphatic hydroxyl groups is 1. The fourth-order valence-corrected chi connectivity index (χ4v) is 4.27. The molecule has 1 atom stereocenters. The van der Waals surface area contributed by atoms with Crippen LogP contribution in [0.5, 0.6) is 0 Å². The molecule has 1 fully saturated rings. The molecule has 1 aliphatic heterocycles. The number of benzene rings is 1. The second-order valence-electron chi connectivity index (χ2n) is 6.06. The largest absolute Gasteiger partial charge is 0.388 e. The number of aromatic nitrogens is 4. The maximum Gasteiger partial charge on any atom is 0.186 e. The predicted octanol–water partition coefficient (Wildman–Crippen LogP) is 2.44. The van der Waals surface area contributed by atoms with Crippen LogP contribution in [-0.2, 0) is 13.7 Å². The molecular formula is C16H18FN5OS. The van der Waals surface area contributed by atoms with Gasteiger partial charge in [-0.15, -0.1) is 10.2 Å². The highest BCUT2D eigenvalue weighted by Crippen LogP contribution is 2.34. The Balaban J connectivity index is 1.62. The zero-order chi connectivity index (χ0) is 16.7. The van der Waals surface area contributed by atoms with Crippen molar-refractivity contribution in [2.45, 2.75) is 25.4 Å². The minimum Gasteiger partial charge on any atom is -0.388 e. The first-order valence-corrected chi connectivity index (χ1v) is 8.78. The van der Waals surface area contributed by atoms with Crippen molar-refractivity contribution in [3.05, 3.63) is 35.7 Å². The number of nitrogens with zero attached hydrogens (tertiary/aromatic N) is 5. The number of fused-ring (bicyclic) bond motifs is 1. The van der Waals surface area contributed by atoms with Crippen molar-refractivity contribution in [2.75, 3.05) is 18.0 Å². The second-order valence-corrected chi connectivity index (χ2v) is 7.04. The van der Waals surface area contributed by atoms with Gasteiger partial charge in [-0.05, 0) is 25.0 Å². The van der Waals surface area contributed by atoms with Gasteiger partial charge in [-0.3, -0.25) is 0 Å². The first kappa shape index (κ1) is 15.5. The van der Waals surface area contributed by atoms with Crippen LogP contribution in [0.25, 0.3) is 10.2 Å². The summed E-state index contributed by atoms with van der Waals surface area (Å²) in [5.41, 5.74) is 0.707. The van der Waals surface area contributed by atoms with Crippen molar-refractivity contribution in [1.29, 1.82) is 0 Å². The van der Waals surface area contributed by atoms with Crippen LogP contribution in [0.4, 0.5) is 9.52 Å². The van der Waals surface area contributed by atoms with Crippen LogP contribution in [0.3, 0.4) is 0 Å². The smallest absolute Gasteiger partial charge is 0.186 e. The molecule has 2 aromatic heterocycles. The summed E-state index contributed by atoms with van der Waals surface area (Å²) >= 11 is 1.40. The van der Waals surface area contributed by atoms with Crippen LogP contribution in [0.2, 0.25) is 0 Å². The van der Waals surface area contributed by atoms with Gasteiger partial charge in [-0.25, -0.2) is 9.37 Å². The number of aliphatic hydroxyl groups excluding tert-OH is 1. The van der Waals surface area contributed by atoms with Crippen LogP contribution >= 0.6 is 11.3 Å². The lowest BCUT2D eigenvalue weighted by molar-refractivity contribution is 0.266. The highest BCUT2D eigenvalue weighted by atomic mass is 32.1. The van der Waals surface area contributed by atoms with Crippen molar-refractivity contribution >= 4 is 26.7 Å². The number of hydrogen-bond donors (Lipinski definition) is 1. The number of thiazole rings is 1. The molecule has 1 aromatic carbocycles. The van der Waals surface area contributed by atoms with E-state index in [0.717, 1.165) is 36.9 Å². The Hall–Kier alpha value is -2.06. The van der Waals surface area contributed by atoms with E-state index < -0.39 is 0 Å². The molecule has 0 bridgehead atoms. The third-order valence-corrected chi connectivity index (χ3v) is 5.69. The number of hydrogen-bond acceptors (Lipinski definition) is 6. The molecule has 0 aliphatic carbocycles. The zero-order valence-corrected chi connectivity index (χ0v) is 14.1. The minimum absolute atomic E-state index is 0.114. The third kappa shape index (κ3) is 2.55. The van der Waals surface area contributed by atoms with Crippen molar-refractivity contribution < 1.29 is 9.50 Å². The first-order chi connectivity index (χ1) is 11.7. The second kappa shape index (κ2) is 6.10. The van der Waals surface area contributed by atoms with Crippen molar-refractivity contribution in [3.63, 3.8) is 0 Å². The molecule has 0 radical (unpaired) electrons. The minimum atomic E-state index is -0.217. The van der Waals surface area contributed by atoms with Crippen LogP contribution in [0.15, 0.2) is 18.2 Å². The lowest BCUT2D eigenvalue weighted by Gasteiger charge is -2.31.